The Kier molecular flexibility index (Phi) is 3.17. The van der Waals surface area contributed by atoms with Crippen molar-refractivity contribution in [2.24, 2.45) is 5.92 Å². The zero-order valence-electron chi connectivity index (χ0n) is 11.7. The molecule has 3 heteroatoms. The van der Waals surface area contributed by atoms with Crippen LogP contribution in [-0.4, -0.2) is 17.3 Å². The predicted molar refractivity (Wildman–Crippen MR) is 73.6 cm³/mol. The average molecular weight is 262 g/mol. The minimum Gasteiger partial charge on any atom is -0.493 e. The van der Waals surface area contributed by atoms with E-state index in [4.69, 9.17) is 9.47 Å². The zero-order valence-corrected chi connectivity index (χ0v) is 11.7. The monoisotopic (exact) mass is 262 g/mol. The topological polar surface area (TPSA) is 38.7 Å². The highest BCUT2D eigenvalue weighted by atomic mass is 16.5. The van der Waals surface area contributed by atoms with E-state index in [9.17, 15) is 5.11 Å². The minimum absolute atomic E-state index is 0.320. The third-order valence-corrected chi connectivity index (χ3v) is 3.91. The van der Waals surface area contributed by atoms with Crippen molar-refractivity contribution >= 4 is 0 Å². The first-order valence-electron chi connectivity index (χ1n) is 7.17. The number of fused-ring (bicyclic) bond motifs is 1. The number of rotatable bonds is 4. The number of ether oxygens (including phenoxy) is 2. The molecule has 0 radical (unpaired) electrons. The van der Waals surface area contributed by atoms with Crippen LogP contribution in [0.5, 0.6) is 11.5 Å². The highest BCUT2D eigenvalue weighted by Gasteiger charge is 2.32. The number of benzene rings is 1. The predicted octanol–water partition coefficient (Wildman–Crippen LogP) is 3.46. The van der Waals surface area contributed by atoms with Crippen LogP contribution in [0.25, 0.3) is 0 Å². The molecule has 1 N–H and O–H groups in total. The summed E-state index contributed by atoms with van der Waals surface area (Å²) in [4.78, 5) is 0. The molecule has 1 saturated carbocycles. The van der Waals surface area contributed by atoms with Gasteiger partial charge in [0.15, 0.2) is 0 Å². The maximum Gasteiger partial charge on any atom is 0.129 e. The average Bonchev–Trinajstić information content (AvgIpc) is 3.11. The van der Waals surface area contributed by atoms with Crippen molar-refractivity contribution < 1.29 is 14.6 Å². The highest BCUT2D eigenvalue weighted by Crippen LogP contribution is 2.41. The van der Waals surface area contributed by atoms with E-state index in [0.29, 0.717) is 6.42 Å². The molecule has 19 heavy (non-hydrogen) atoms. The van der Waals surface area contributed by atoms with E-state index in [1.54, 1.807) is 0 Å². The molecule has 1 fully saturated rings. The van der Waals surface area contributed by atoms with Crippen LogP contribution in [0.15, 0.2) is 18.2 Å². The summed E-state index contributed by atoms with van der Waals surface area (Å²) < 4.78 is 11.7. The molecular formula is C16H22O3. The normalized spacial score (nSPS) is 24.5. The Morgan fingerprint density at radius 3 is 2.89 bits per heavy atom. The summed E-state index contributed by atoms with van der Waals surface area (Å²) in [6.45, 7) is 4.77. The molecule has 1 unspecified atom stereocenters. The molecule has 1 aliphatic carbocycles. The number of hydrogen-bond acceptors (Lipinski definition) is 3. The molecule has 0 bridgehead atoms. The fourth-order valence-electron chi connectivity index (χ4n) is 2.63. The maximum atomic E-state index is 10.1. The van der Waals surface area contributed by atoms with Gasteiger partial charge in [0.25, 0.3) is 0 Å². The molecule has 0 spiro atoms. The van der Waals surface area contributed by atoms with Crippen LogP contribution in [0, 0.1) is 5.92 Å². The largest absolute Gasteiger partial charge is 0.493 e. The summed E-state index contributed by atoms with van der Waals surface area (Å²) in [5.41, 5.74) is 0.549. The Bertz CT molecular complexity index is 463. The molecule has 0 aromatic heterocycles. The van der Waals surface area contributed by atoms with E-state index in [1.807, 2.05) is 32.0 Å². The van der Waals surface area contributed by atoms with Gasteiger partial charge in [-0.2, -0.15) is 0 Å². The van der Waals surface area contributed by atoms with E-state index in [2.05, 4.69) is 0 Å². The Balaban J connectivity index is 1.70. The molecule has 0 saturated heterocycles. The van der Waals surface area contributed by atoms with Gasteiger partial charge < -0.3 is 14.6 Å². The fourth-order valence-corrected chi connectivity index (χ4v) is 2.63. The van der Waals surface area contributed by atoms with Crippen LogP contribution in [0.1, 0.15) is 51.2 Å². The summed E-state index contributed by atoms with van der Waals surface area (Å²) in [7, 11) is 0. The lowest BCUT2D eigenvalue weighted by Gasteiger charge is -2.35. The Morgan fingerprint density at radius 2 is 2.16 bits per heavy atom. The molecule has 2 aliphatic rings. The van der Waals surface area contributed by atoms with Crippen molar-refractivity contribution in [1.82, 2.24) is 0 Å². The molecular weight excluding hydrogens is 240 g/mol. The van der Waals surface area contributed by atoms with Gasteiger partial charge in [-0.3, -0.25) is 0 Å². The van der Waals surface area contributed by atoms with Crippen LogP contribution in [0.3, 0.4) is 0 Å². The smallest absolute Gasteiger partial charge is 0.129 e. The van der Waals surface area contributed by atoms with E-state index in [1.165, 1.54) is 12.8 Å². The summed E-state index contributed by atoms with van der Waals surface area (Å²) in [5, 5.41) is 10.1. The zero-order chi connectivity index (χ0) is 13.5. The Labute approximate surface area is 114 Å². The highest BCUT2D eigenvalue weighted by molar-refractivity contribution is 5.43. The van der Waals surface area contributed by atoms with Crippen LogP contribution in [-0.2, 0) is 0 Å². The van der Waals surface area contributed by atoms with E-state index in [0.717, 1.165) is 36.0 Å². The van der Waals surface area contributed by atoms with Crippen LogP contribution in [0.4, 0.5) is 0 Å². The van der Waals surface area contributed by atoms with Gasteiger partial charge in [0.2, 0.25) is 0 Å². The van der Waals surface area contributed by atoms with E-state index < -0.39 is 6.10 Å². The minimum atomic E-state index is -0.445. The van der Waals surface area contributed by atoms with Crippen molar-refractivity contribution in [2.45, 2.75) is 51.2 Å². The van der Waals surface area contributed by atoms with Crippen molar-refractivity contribution in [3.8, 4) is 11.5 Å². The maximum absolute atomic E-state index is 10.1. The van der Waals surface area contributed by atoms with Crippen molar-refractivity contribution in [2.75, 3.05) is 6.61 Å². The van der Waals surface area contributed by atoms with Gasteiger partial charge in [-0.25, -0.2) is 0 Å². The van der Waals surface area contributed by atoms with E-state index in [-0.39, 0.29) is 5.60 Å². The van der Waals surface area contributed by atoms with E-state index >= 15 is 0 Å². The lowest BCUT2D eigenvalue weighted by molar-refractivity contribution is 0.0113. The second kappa shape index (κ2) is 4.71. The van der Waals surface area contributed by atoms with Gasteiger partial charge in [-0.05, 0) is 38.3 Å². The van der Waals surface area contributed by atoms with Crippen molar-refractivity contribution in [3.05, 3.63) is 23.8 Å². The molecule has 1 aliphatic heterocycles. The van der Waals surface area contributed by atoms with Gasteiger partial charge in [-0.1, -0.05) is 12.8 Å². The molecule has 1 heterocycles. The quantitative estimate of drug-likeness (QED) is 0.903. The fraction of sp³-hybridized carbons (Fsp3) is 0.625. The lowest BCUT2D eigenvalue weighted by atomic mass is 9.92. The molecule has 3 rings (SSSR count). The van der Waals surface area contributed by atoms with Crippen LogP contribution in [0.2, 0.25) is 0 Å². The second-order valence-corrected chi connectivity index (χ2v) is 6.36. The standard InChI is InChI=1S/C16H22O3/c1-16(2)10-14(17)13-6-5-12(9-15(13)19-16)18-8-7-11-3-4-11/h5-6,9,11,14,17H,3-4,7-8,10H2,1-2H3. The first-order valence-corrected chi connectivity index (χ1v) is 7.17. The first kappa shape index (κ1) is 12.8. The summed E-state index contributed by atoms with van der Waals surface area (Å²) >= 11 is 0. The molecule has 1 atom stereocenters. The Hall–Kier alpha value is -1.22. The van der Waals surface area contributed by atoms with Gasteiger partial charge in [-0.15, -0.1) is 0 Å². The van der Waals surface area contributed by atoms with Gasteiger partial charge >= 0.3 is 0 Å². The van der Waals surface area contributed by atoms with Crippen LogP contribution < -0.4 is 9.47 Å². The Morgan fingerprint density at radius 1 is 1.37 bits per heavy atom. The number of aliphatic hydroxyl groups is 1. The SMILES string of the molecule is CC1(C)CC(O)c2ccc(OCCC3CC3)cc2O1. The molecule has 3 nitrogen and oxygen atoms in total. The summed E-state index contributed by atoms with van der Waals surface area (Å²) in [6, 6.07) is 5.75. The third-order valence-electron chi connectivity index (χ3n) is 3.91. The third kappa shape index (κ3) is 3.03. The summed E-state index contributed by atoms with van der Waals surface area (Å²) in [6.07, 6.45) is 4.04. The van der Waals surface area contributed by atoms with Gasteiger partial charge in [0.05, 0.1) is 12.7 Å². The lowest BCUT2D eigenvalue weighted by Crippen LogP contribution is -2.34. The second-order valence-electron chi connectivity index (χ2n) is 6.36. The first-order chi connectivity index (χ1) is 9.03. The molecule has 1 aromatic rings. The van der Waals surface area contributed by atoms with Crippen LogP contribution >= 0.6 is 0 Å². The van der Waals surface area contributed by atoms with Gasteiger partial charge in [0, 0.05) is 18.1 Å². The van der Waals surface area contributed by atoms with Crippen molar-refractivity contribution in [1.29, 1.82) is 0 Å². The number of aliphatic hydroxyl groups excluding tert-OH is 1. The summed E-state index contributed by atoms with van der Waals surface area (Å²) in [5.74, 6) is 2.48. The molecule has 1 aromatic carbocycles. The van der Waals surface area contributed by atoms with Crippen molar-refractivity contribution in [3.63, 3.8) is 0 Å². The number of hydrogen-bond donors (Lipinski definition) is 1. The molecule has 0 amide bonds. The van der Waals surface area contributed by atoms with Gasteiger partial charge in [0.1, 0.15) is 17.1 Å². The molecule has 104 valence electrons.